The molecule has 2 N–H and O–H groups in total. The number of carbonyl (C=O) groups is 3. The second-order valence-corrected chi connectivity index (χ2v) is 8.83. The number of aliphatic hydroxyl groups is 1. The zero-order chi connectivity index (χ0) is 24.8. The fraction of sp³-hybridized carbons (Fsp3) is 0.192. The molecule has 0 radical (unpaired) electrons. The number of hydrogen-bond acceptors (Lipinski definition) is 8. The van der Waals surface area contributed by atoms with Crippen LogP contribution in [-0.2, 0) is 19.0 Å². The Morgan fingerprint density at radius 3 is 1.66 bits per heavy atom. The van der Waals surface area contributed by atoms with Gasteiger partial charge in [-0.25, -0.2) is 14.4 Å². The topological polar surface area (TPSA) is 119 Å². The minimum absolute atomic E-state index is 0.167. The smallest absolute Gasteiger partial charge is 0.338 e. The number of carboxylic acids is 1. The monoisotopic (exact) mass is 494 g/mol. The van der Waals surface area contributed by atoms with Crippen molar-refractivity contribution in [2.24, 2.45) is 0 Å². The van der Waals surface area contributed by atoms with Crippen molar-refractivity contribution >= 4 is 29.7 Å². The highest BCUT2D eigenvalue weighted by Crippen LogP contribution is 2.36. The summed E-state index contributed by atoms with van der Waals surface area (Å²) in [6.07, 6.45) is -6.31. The predicted molar refractivity (Wildman–Crippen MR) is 126 cm³/mol. The molecule has 0 bridgehead atoms. The van der Waals surface area contributed by atoms with E-state index in [4.69, 9.17) is 14.2 Å². The maximum atomic E-state index is 12.8. The second kappa shape index (κ2) is 11.2. The third-order valence-corrected chi connectivity index (χ3v) is 6.43. The molecule has 0 aromatic heterocycles. The van der Waals surface area contributed by atoms with Gasteiger partial charge in [-0.1, -0.05) is 66.4 Å². The highest BCUT2D eigenvalue weighted by molar-refractivity contribution is 7.99. The Kier molecular flexibility index (Phi) is 7.81. The van der Waals surface area contributed by atoms with E-state index in [-0.39, 0.29) is 11.1 Å². The number of carboxylic acid groups (broad SMARTS) is 1. The Balaban J connectivity index is 1.65. The maximum absolute atomic E-state index is 12.8. The van der Waals surface area contributed by atoms with Gasteiger partial charge in [-0.2, -0.15) is 0 Å². The summed E-state index contributed by atoms with van der Waals surface area (Å²) in [6.45, 7) is 0. The van der Waals surface area contributed by atoms with Gasteiger partial charge >= 0.3 is 17.9 Å². The predicted octanol–water partition coefficient (Wildman–Crippen LogP) is 3.40. The maximum Gasteiger partial charge on any atom is 0.338 e. The lowest BCUT2D eigenvalue weighted by molar-refractivity contribution is -0.209. The van der Waals surface area contributed by atoms with E-state index in [1.807, 2.05) is 6.07 Å². The van der Waals surface area contributed by atoms with Crippen molar-refractivity contribution in [2.45, 2.75) is 34.7 Å². The van der Waals surface area contributed by atoms with E-state index >= 15 is 0 Å². The molecule has 1 aliphatic heterocycles. The summed E-state index contributed by atoms with van der Waals surface area (Å²) >= 11 is 1.07. The number of thioether (sulfide) groups is 1. The molecule has 8 nitrogen and oxygen atoms in total. The fourth-order valence-corrected chi connectivity index (χ4v) is 4.60. The van der Waals surface area contributed by atoms with Gasteiger partial charge in [0.05, 0.1) is 11.1 Å². The molecule has 4 rings (SSSR count). The molecule has 0 saturated carbocycles. The molecule has 0 spiro atoms. The Bertz CT molecular complexity index is 1160. The molecule has 9 heteroatoms. The highest BCUT2D eigenvalue weighted by Gasteiger charge is 2.53. The van der Waals surface area contributed by atoms with Crippen LogP contribution in [0.4, 0.5) is 0 Å². The van der Waals surface area contributed by atoms with Crippen molar-refractivity contribution < 1.29 is 38.8 Å². The van der Waals surface area contributed by atoms with E-state index in [1.165, 1.54) is 24.3 Å². The van der Waals surface area contributed by atoms with Crippen molar-refractivity contribution in [3.05, 3.63) is 102 Å². The summed E-state index contributed by atoms with van der Waals surface area (Å²) in [7, 11) is 0. The highest BCUT2D eigenvalue weighted by atomic mass is 32.2. The fourth-order valence-electron chi connectivity index (χ4n) is 3.55. The zero-order valence-corrected chi connectivity index (χ0v) is 19.1. The first-order valence-electron chi connectivity index (χ1n) is 10.7. The van der Waals surface area contributed by atoms with E-state index in [1.54, 1.807) is 60.7 Å². The standard InChI is InChI=1S/C26H22O8S/c27-19-20(32-24(30)16-10-4-1-5-11-16)21(33-25(31)17-12-6-2-7-13-17)22(23(28)29)34-26(19)35-18-14-8-3-9-15-18/h1-15,19-22,26-27H,(H,28,29)/t19-,20-,21-,22+,26+/m1/s1. The third-order valence-electron chi connectivity index (χ3n) is 5.26. The first-order chi connectivity index (χ1) is 16.9. The lowest BCUT2D eigenvalue weighted by atomic mass is 9.99. The summed E-state index contributed by atoms with van der Waals surface area (Å²) in [6, 6.07) is 24.9. The van der Waals surface area contributed by atoms with Gasteiger partial charge in [0.2, 0.25) is 0 Å². The van der Waals surface area contributed by atoms with Gasteiger partial charge in [-0.05, 0) is 36.4 Å². The number of hydrogen-bond donors (Lipinski definition) is 2. The second-order valence-electron chi connectivity index (χ2n) is 7.66. The van der Waals surface area contributed by atoms with Crippen LogP contribution in [0.25, 0.3) is 0 Å². The van der Waals surface area contributed by atoms with Crippen molar-refractivity contribution in [1.29, 1.82) is 0 Å². The molecule has 0 aliphatic carbocycles. The van der Waals surface area contributed by atoms with Crippen molar-refractivity contribution in [2.75, 3.05) is 0 Å². The van der Waals surface area contributed by atoms with Crippen LogP contribution in [0.3, 0.4) is 0 Å². The van der Waals surface area contributed by atoms with Gasteiger partial charge in [0.25, 0.3) is 0 Å². The molecule has 3 aromatic rings. The number of esters is 2. The quantitative estimate of drug-likeness (QED) is 0.476. The molecular formula is C26H22O8S. The van der Waals surface area contributed by atoms with Crippen LogP contribution in [0, 0.1) is 0 Å². The van der Waals surface area contributed by atoms with E-state index < -0.39 is 47.8 Å². The Labute approximate surface area is 205 Å². The largest absolute Gasteiger partial charge is 0.479 e. The van der Waals surface area contributed by atoms with E-state index in [0.717, 1.165) is 11.8 Å². The summed E-state index contributed by atoms with van der Waals surface area (Å²) in [5.74, 6) is -3.07. The van der Waals surface area contributed by atoms with Gasteiger partial charge in [-0.3, -0.25) is 0 Å². The Hall–Kier alpha value is -3.66. The molecule has 5 atom stereocenters. The summed E-state index contributed by atoms with van der Waals surface area (Å²) < 4.78 is 16.7. The number of rotatable bonds is 7. The molecule has 0 unspecified atom stereocenters. The Morgan fingerprint density at radius 2 is 1.17 bits per heavy atom. The van der Waals surface area contributed by atoms with Gasteiger partial charge < -0.3 is 24.4 Å². The number of carbonyl (C=O) groups excluding carboxylic acids is 2. The average molecular weight is 495 g/mol. The number of aliphatic carboxylic acids is 1. The van der Waals surface area contributed by atoms with Crippen molar-refractivity contribution in [3.8, 4) is 0 Å². The van der Waals surface area contributed by atoms with Crippen LogP contribution in [0.15, 0.2) is 95.9 Å². The lowest BCUT2D eigenvalue weighted by Gasteiger charge is -2.41. The summed E-state index contributed by atoms with van der Waals surface area (Å²) in [5, 5.41) is 21.0. The molecule has 1 heterocycles. The molecule has 1 saturated heterocycles. The average Bonchev–Trinajstić information content (AvgIpc) is 2.89. The van der Waals surface area contributed by atoms with Crippen LogP contribution in [0.5, 0.6) is 0 Å². The van der Waals surface area contributed by atoms with Gasteiger partial charge in [-0.15, -0.1) is 0 Å². The molecule has 3 aromatic carbocycles. The molecule has 180 valence electrons. The zero-order valence-electron chi connectivity index (χ0n) is 18.3. The number of ether oxygens (including phenoxy) is 3. The van der Waals surface area contributed by atoms with Crippen LogP contribution < -0.4 is 0 Å². The van der Waals surface area contributed by atoms with Gasteiger partial charge in [0, 0.05) is 4.90 Å². The van der Waals surface area contributed by atoms with Gasteiger partial charge in [0.15, 0.2) is 18.3 Å². The third kappa shape index (κ3) is 5.89. The van der Waals surface area contributed by atoms with E-state index in [0.29, 0.717) is 4.90 Å². The van der Waals surface area contributed by atoms with Gasteiger partial charge in [0.1, 0.15) is 11.5 Å². The molecule has 1 aliphatic rings. The lowest BCUT2D eigenvalue weighted by Crippen LogP contribution is -2.61. The Morgan fingerprint density at radius 1 is 0.714 bits per heavy atom. The minimum atomic E-state index is -1.69. The molecule has 1 fully saturated rings. The molecular weight excluding hydrogens is 472 g/mol. The van der Waals surface area contributed by atoms with Crippen LogP contribution in [-0.4, -0.2) is 58.0 Å². The SMILES string of the molecule is O=C(O[C@@H]1[C@@H](O)[C@H](Sc2ccccc2)O[C@H](C(=O)O)[C@@H]1OC(=O)c1ccccc1)c1ccccc1. The van der Waals surface area contributed by atoms with Crippen molar-refractivity contribution in [3.63, 3.8) is 0 Å². The van der Waals surface area contributed by atoms with E-state index in [9.17, 15) is 24.6 Å². The summed E-state index contributed by atoms with van der Waals surface area (Å²) in [4.78, 5) is 38.4. The van der Waals surface area contributed by atoms with Crippen molar-refractivity contribution in [1.82, 2.24) is 0 Å². The first kappa shape index (κ1) is 24.5. The number of benzene rings is 3. The summed E-state index contributed by atoms with van der Waals surface area (Å²) in [5.41, 5.74) is -0.753. The van der Waals surface area contributed by atoms with E-state index in [2.05, 4.69) is 0 Å². The van der Waals surface area contributed by atoms with Crippen LogP contribution >= 0.6 is 11.8 Å². The first-order valence-corrected chi connectivity index (χ1v) is 11.6. The van der Waals surface area contributed by atoms with Crippen LogP contribution in [0.1, 0.15) is 20.7 Å². The molecule has 0 amide bonds. The number of aliphatic hydroxyl groups excluding tert-OH is 1. The normalized spacial score (nSPS) is 23.7. The minimum Gasteiger partial charge on any atom is -0.479 e. The molecule has 35 heavy (non-hydrogen) atoms. The van der Waals surface area contributed by atoms with Crippen LogP contribution in [0.2, 0.25) is 0 Å².